The molecule has 0 saturated heterocycles. The second kappa shape index (κ2) is 6.84. The van der Waals surface area contributed by atoms with Crippen LogP contribution >= 0.6 is 0 Å². The minimum atomic E-state index is 0.0159. The summed E-state index contributed by atoms with van der Waals surface area (Å²) in [6, 6.07) is 7.92. The van der Waals surface area contributed by atoms with Gasteiger partial charge in [0.1, 0.15) is 0 Å². The molecule has 0 bridgehead atoms. The van der Waals surface area contributed by atoms with Crippen molar-refractivity contribution in [2.24, 2.45) is 0 Å². The summed E-state index contributed by atoms with van der Waals surface area (Å²) in [4.78, 5) is 15.8. The standard InChI is InChI=1S/C15H19N3O2/c1-3-9-16-13(19)7-8-14-17-15(18-20-14)12-6-4-5-11(2)10-12/h4-6,10H,3,7-9H2,1-2H3,(H,16,19). The van der Waals surface area contributed by atoms with E-state index in [1.54, 1.807) is 0 Å². The van der Waals surface area contributed by atoms with E-state index in [0.717, 1.165) is 17.5 Å². The number of benzene rings is 1. The van der Waals surface area contributed by atoms with E-state index in [1.807, 2.05) is 38.1 Å². The lowest BCUT2D eigenvalue weighted by Gasteiger charge is -2.00. The fraction of sp³-hybridized carbons (Fsp3) is 0.400. The first-order chi connectivity index (χ1) is 9.69. The van der Waals surface area contributed by atoms with Crippen LogP contribution in [0.3, 0.4) is 0 Å². The number of rotatable bonds is 6. The van der Waals surface area contributed by atoms with Crippen molar-refractivity contribution in [2.75, 3.05) is 6.54 Å². The molecule has 20 heavy (non-hydrogen) atoms. The highest BCUT2D eigenvalue weighted by Crippen LogP contribution is 2.17. The van der Waals surface area contributed by atoms with Gasteiger partial charge in [-0.25, -0.2) is 0 Å². The third-order valence-corrected chi connectivity index (χ3v) is 2.88. The van der Waals surface area contributed by atoms with Crippen LogP contribution in [0.25, 0.3) is 11.4 Å². The molecule has 0 saturated carbocycles. The molecule has 0 spiro atoms. The van der Waals surface area contributed by atoms with Crippen molar-refractivity contribution in [3.05, 3.63) is 35.7 Å². The van der Waals surface area contributed by atoms with Crippen LogP contribution in [-0.4, -0.2) is 22.6 Å². The van der Waals surface area contributed by atoms with Crippen LogP contribution in [0.15, 0.2) is 28.8 Å². The van der Waals surface area contributed by atoms with Gasteiger partial charge in [0.2, 0.25) is 17.6 Å². The molecule has 0 unspecified atom stereocenters. The van der Waals surface area contributed by atoms with Crippen molar-refractivity contribution in [1.29, 1.82) is 0 Å². The minimum absolute atomic E-state index is 0.0159. The number of nitrogens with zero attached hydrogens (tertiary/aromatic N) is 2. The van der Waals surface area contributed by atoms with E-state index >= 15 is 0 Å². The number of nitrogens with one attached hydrogen (secondary N) is 1. The Kier molecular flexibility index (Phi) is 4.87. The molecule has 0 fully saturated rings. The van der Waals surface area contributed by atoms with Gasteiger partial charge in [0.05, 0.1) is 0 Å². The van der Waals surface area contributed by atoms with Crippen LogP contribution < -0.4 is 5.32 Å². The van der Waals surface area contributed by atoms with Gasteiger partial charge in [-0.1, -0.05) is 35.8 Å². The molecule has 0 radical (unpaired) electrons. The summed E-state index contributed by atoms with van der Waals surface area (Å²) >= 11 is 0. The quantitative estimate of drug-likeness (QED) is 0.878. The average molecular weight is 273 g/mol. The Bertz CT molecular complexity index is 578. The molecular formula is C15H19N3O2. The second-order valence-corrected chi connectivity index (χ2v) is 4.73. The Morgan fingerprint density at radius 3 is 3.00 bits per heavy atom. The van der Waals surface area contributed by atoms with E-state index in [2.05, 4.69) is 15.5 Å². The van der Waals surface area contributed by atoms with Gasteiger partial charge in [-0.2, -0.15) is 4.98 Å². The summed E-state index contributed by atoms with van der Waals surface area (Å²) in [5.74, 6) is 1.08. The molecule has 0 aliphatic carbocycles. The lowest BCUT2D eigenvalue weighted by molar-refractivity contribution is -0.121. The zero-order valence-electron chi connectivity index (χ0n) is 11.8. The van der Waals surface area contributed by atoms with Crippen LogP contribution in [0.2, 0.25) is 0 Å². The van der Waals surface area contributed by atoms with Crippen LogP contribution in [0.5, 0.6) is 0 Å². The molecule has 2 aromatic rings. The van der Waals surface area contributed by atoms with Crippen molar-refractivity contribution in [3.8, 4) is 11.4 Å². The van der Waals surface area contributed by atoms with Crippen LogP contribution in [0, 0.1) is 6.92 Å². The molecular weight excluding hydrogens is 254 g/mol. The van der Waals surface area contributed by atoms with Gasteiger partial charge in [-0.05, 0) is 19.4 Å². The smallest absolute Gasteiger partial charge is 0.227 e. The average Bonchev–Trinajstić information content (AvgIpc) is 2.92. The topological polar surface area (TPSA) is 68.0 Å². The zero-order chi connectivity index (χ0) is 14.4. The lowest BCUT2D eigenvalue weighted by Crippen LogP contribution is -2.24. The van der Waals surface area contributed by atoms with E-state index in [1.165, 1.54) is 0 Å². The third-order valence-electron chi connectivity index (χ3n) is 2.88. The SMILES string of the molecule is CCCNC(=O)CCc1nc(-c2cccc(C)c2)no1. The Morgan fingerprint density at radius 2 is 2.25 bits per heavy atom. The van der Waals surface area contributed by atoms with Crippen molar-refractivity contribution < 1.29 is 9.32 Å². The van der Waals surface area contributed by atoms with Gasteiger partial charge in [-0.3, -0.25) is 4.79 Å². The number of carbonyl (C=O) groups is 1. The summed E-state index contributed by atoms with van der Waals surface area (Å²) < 4.78 is 5.17. The summed E-state index contributed by atoms with van der Waals surface area (Å²) in [6.07, 6.45) is 1.77. The predicted molar refractivity (Wildman–Crippen MR) is 76.1 cm³/mol. The van der Waals surface area contributed by atoms with E-state index in [-0.39, 0.29) is 5.91 Å². The number of carbonyl (C=O) groups excluding carboxylic acids is 1. The molecule has 1 amide bonds. The molecule has 5 heteroatoms. The molecule has 5 nitrogen and oxygen atoms in total. The van der Waals surface area contributed by atoms with E-state index in [9.17, 15) is 4.79 Å². The number of aromatic nitrogens is 2. The first-order valence-electron chi connectivity index (χ1n) is 6.85. The first-order valence-corrected chi connectivity index (χ1v) is 6.85. The highest BCUT2D eigenvalue weighted by Gasteiger charge is 2.10. The molecule has 1 aromatic heterocycles. The van der Waals surface area contributed by atoms with Crippen molar-refractivity contribution in [1.82, 2.24) is 15.5 Å². The normalized spacial score (nSPS) is 10.5. The lowest BCUT2D eigenvalue weighted by atomic mass is 10.1. The van der Waals surface area contributed by atoms with Gasteiger partial charge >= 0.3 is 0 Å². The van der Waals surface area contributed by atoms with Gasteiger partial charge in [0.15, 0.2) is 0 Å². The van der Waals surface area contributed by atoms with Gasteiger partial charge < -0.3 is 9.84 Å². The zero-order valence-corrected chi connectivity index (χ0v) is 11.8. The number of aryl methyl sites for hydroxylation is 2. The predicted octanol–water partition coefficient (Wildman–Crippen LogP) is 2.50. The molecule has 0 aliphatic heterocycles. The van der Waals surface area contributed by atoms with Gasteiger partial charge in [0, 0.05) is 24.9 Å². The second-order valence-electron chi connectivity index (χ2n) is 4.73. The molecule has 0 atom stereocenters. The van der Waals surface area contributed by atoms with Gasteiger partial charge in [-0.15, -0.1) is 0 Å². The maximum absolute atomic E-state index is 11.5. The molecule has 106 valence electrons. The Balaban J connectivity index is 1.94. The van der Waals surface area contributed by atoms with Crippen LogP contribution in [0.4, 0.5) is 0 Å². The van der Waals surface area contributed by atoms with E-state index < -0.39 is 0 Å². The summed E-state index contributed by atoms with van der Waals surface area (Å²) in [7, 11) is 0. The maximum Gasteiger partial charge on any atom is 0.227 e. The summed E-state index contributed by atoms with van der Waals surface area (Å²) in [6.45, 7) is 4.74. The molecule has 0 aliphatic rings. The Morgan fingerprint density at radius 1 is 1.40 bits per heavy atom. The number of amides is 1. The van der Waals surface area contributed by atoms with Crippen molar-refractivity contribution in [2.45, 2.75) is 33.1 Å². The van der Waals surface area contributed by atoms with Gasteiger partial charge in [0.25, 0.3) is 0 Å². The summed E-state index contributed by atoms with van der Waals surface area (Å²) in [5.41, 5.74) is 2.07. The largest absolute Gasteiger partial charge is 0.356 e. The fourth-order valence-electron chi connectivity index (χ4n) is 1.83. The van der Waals surface area contributed by atoms with E-state index in [0.29, 0.717) is 31.1 Å². The first kappa shape index (κ1) is 14.2. The highest BCUT2D eigenvalue weighted by molar-refractivity contribution is 5.75. The summed E-state index contributed by atoms with van der Waals surface area (Å²) in [5, 5.41) is 6.77. The highest BCUT2D eigenvalue weighted by atomic mass is 16.5. The third kappa shape index (κ3) is 3.91. The minimum Gasteiger partial charge on any atom is -0.356 e. The molecule has 2 rings (SSSR count). The fourth-order valence-corrected chi connectivity index (χ4v) is 1.83. The molecule has 1 N–H and O–H groups in total. The van der Waals surface area contributed by atoms with E-state index in [4.69, 9.17) is 4.52 Å². The number of hydrogen-bond donors (Lipinski definition) is 1. The number of hydrogen-bond acceptors (Lipinski definition) is 4. The molecule has 1 heterocycles. The van der Waals surface area contributed by atoms with Crippen LogP contribution in [0.1, 0.15) is 31.2 Å². The Labute approximate surface area is 118 Å². The van der Waals surface area contributed by atoms with Crippen molar-refractivity contribution >= 4 is 5.91 Å². The Hall–Kier alpha value is -2.17. The van der Waals surface area contributed by atoms with Crippen molar-refractivity contribution in [3.63, 3.8) is 0 Å². The maximum atomic E-state index is 11.5. The van der Waals surface area contributed by atoms with Crippen LogP contribution in [-0.2, 0) is 11.2 Å². The molecule has 1 aromatic carbocycles. The monoisotopic (exact) mass is 273 g/mol.